The second-order valence-corrected chi connectivity index (χ2v) is 4.90. The summed E-state index contributed by atoms with van der Waals surface area (Å²) in [6, 6.07) is -0.393. The largest absolute Gasteiger partial charge is 0.330 e. The first-order valence-electron chi connectivity index (χ1n) is 6.39. The van der Waals surface area contributed by atoms with Gasteiger partial charge < -0.3 is 10.3 Å². The molecule has 0 amide bonds. The molecule has 1 unspecified atom stereocenters. The van der Waals surface area contributed by atoms with Gasteiger partial charge in [0.15, 0.2) is 11.2 Å². The van der Waals surface area contributed by atoms with Gasteiger partial charge in [-0.25, -0.2) is 9.78 Å². The highest BCUT2D eigenvalue weighted by molar-refractivity contribution is 5.71. The Hall–Kier alpha value is -1.89. The Labute approximate surface area is 110 Å². The van der Waals surface area contributed by atoms with E-state index in [0.29, 0.717) is 23.5 Å². The fourth-order valence-electron chi connectivity index (χ4n) is 2.31. The molecule has 104 valence electrons. The van der Waals surface area contributed by atoms with Crippen LogP contribution in [0.3, 0.4) is 0 Å². The molecule has 2 aromatic heterocycles. The quantitative estimate of drug-likeness (QED) is 0.844. The molecule has 7 nitrogen and oxygen atoms in total. The number of rotatable bonds is 3. The maximum atomic E-state index is 12.0. The van der Waals surface area contributed by atoms with Gasteiger partial charge in [0, 0.05) is 12.6 Å². The van der Waals surface area contributed by atoms with E-state index >= 15 is 0 Å². The number of H-pyrrole nitrogens is 1. The molecule has 2 aromatic rings. The number of imidazole rings is 1. The third kappa shape index (κ3) is 1.99. The Balaban J connectivity index is 3.01. The molecule has 3 N–H and O–H groups in total. The van der Waals surface area contributed by atoms with Crippen molar-refractivity contribution in [2.24, 2.45) is 5.73 Å². The summed E-state index contributed by atoms with van der Waals surface area (Å²) in [6.07, 6.45) is 0. The topological polar surface area (TPSA) is 98.7 Å². The van der Waals surface area contributed by atoms with Crippen LogP contribution in [0.1, 0.15) is 45.6 Å². The van der Waals surface area contributed by atoms with Gasteiger partial charge in [-0.05, 0) is 27.7 Å². The third-order valence-electron chi connectivity index (χ3n) is 3.10. The van der Waals surface area contributed by atoms with E-state index in [1.54, 1.807) is 11.5 Å². The van der Waals surface area contributed by atoms with Crippen LogP contribution < -0.4 is 17.0 Å². The van der Waals surface area contributed by atoms with Gasteiger partial charge in [0.25, 0.3) is 5.56 Å². The van der Waals surface area contributed by atoms with E-state index < -0.39 is 11.2 Å². The van der Waals surface area contributed by atoms with Gasteiger partial charge >= 0.3 is 5.69 Å². The first-order valence-corrected chi connectivity index (χ1v) is 6.39. The molecule has 19 heavy (non-hydrogen) atoms. The van der Waals surface area contributed by atoms with Crippen molar-refractivity contribution in [1.82, 2.24) is 19.1 Å². The zero-order valence-corrected chi connectivity index (χ0v) is 11.6. The van der Waals surface area contributed by atoms with Crippen LogP contribution in [-0.2, 0) is 6.54 Å². The Morgan fingerprint density at radius 1 is 1.32 bits per heavy atom. The number of aromatic amines is 1. The lowest BCUT2D eigenvalue weighted by atomic mass is 10.3. The van der Waals surface area contributed by atoms with Crippen molar-refractivity contribution in [3.05, 3.63) is 26.7 Å². The molecule has 0 spiro atoms. The van der Waals surface area contributed by atoms with Crippen molar-refractivity contribution in [3.63, 3.8) is 0 Å². The van der Waals surface area contributed by atoms with Crippen molar-refractivity contribution in [2.45, 2.75) is 46.3 Å². The second-order valence-electron chi connectivity index (χ2n) is 4.90. The number of aromatic nitrogens is 4. The highest BCUT2D eigenvalue weighted by atomic mass is 16.2. The molecule has 0 radical (unpaired) electrons. The van der Waals surface area contributed by atoms with Crippen LogP contribution in [0.5, 0.6) is 0 Å². The molecule has 0 aliphatic rings. The summed E-state index contributed by atoms with van der Waals surface area (Å²) in [4.78, 5) is 30.7. The second kappa shape index (κ2) is 4.65. The number of nitrogens with two attached hydrogens (primary N) is 1. The minimum absolute atomic E-state index is 0.0898. The fourth-order valence-corrected chi connectivity index (χ4v) is 2.31. The Bertz CT molecular complexity index is 720. The molecule has 7 heteroatoms. The number of nitrogens with one attached hydrogen (secondary N) is 1. The van der Waals surface area contributed by atoms with E-state index in [-0.39, 0.29) is 12.1 Å². The fraction of sp³-hybridized carbons (Fsp3) is 0.583. The minimum Gasteiger partial charge on any atom is -0.322 e. The summed E-state index contributed by atoms with van der Waals surface area (Å²) >= 11 is 0. The summed E-state index contributed by atoms with van der Waals surface area (Å²) in [7, 11) is 0. The average molecular weight is 265 g/mol. The molecule has 0 saturated heterocycles. The smallest absolute Gasteiger partial charge is 0.322 e. The van der Waals surface area contributed by atoms with Gasteiger partial charge in [0.2, 0.25) is 0 Å². The summed E-state index contributed by atoms with van der Waals surface area (Å²) in [5.41, 5.74) is 5.83. The molecule has 0 fully saturated rings. The standard InChI is InChI=1S/C12H19N5O2/c1-5-16-8-10(14-9(16)7(4)13)17(6(2)3)12(19)15-11(8)18/h6-7H,5,13H2,1-4H3,(H,15,18,19). The van der Waals surface area contributed by atoms with Crippen LogP contribution in [0.25, 0.3) is 11.2 Å². The maximum absolute atomic E-state index is 12.0. The molecule has 0 bridgehead atoms. The number of hydrogen-bond donors (Lipinski definition) is 2. The van der Waals surface area contributed by atoms with Crippen molar-refractivity contribution >= 4 is 11.2 Å². The molecule has 0 aromatic carbocycles. The van der Waals surface area contributed by atoms with E-state index in [4.69, 9.17) is 5.73 Å². The predicted molar refractivity (Wildman–Crippen MR) is 73.3 cm³/mol. The third-order valence-corrected chi connectivity index (χ3v) is 3.10. The van der Waals surface area contributed by atoms with Gasteiger partial charge in [-0.2, -0.15) is 0 Å². The van der Waals surface area contributed by atoms with Gasteiger partial charge in [-0.1, -0.05) is 0 Å². The van der Waals surface area contributed by atoms with Gasteiger partial charge in [-0.15, -0.1) is 0 Å². The first-order chi connectivity index (χ1) is 8.88. The molecule has 0 saturated carbocycles. The summed E-state index contributed by atoms with van der Waals surface area (Å²) in [6.45, 7) is 8.04. The summed E-state index contributed by atoms with van der Waals surface area (Å²) in [5.74, 6) is 0.614. The normalized spacial score (nSPS) is 13.4. The minimum atomic E-state index is -0.440. The Morgan fingerprint density at radius 3 is 2.42 bits per heavy atom. The van der Waals surface area contributed by atoms with Crippen LogP contribution in [0.2, 0.25) is 0 Å². The number of nitrogens with zero attached hydrogens (tertiary/aromatic N) is 3. The van der Waals surface area contributed by atoms with Gasteiger partial charge in [-0.3, -0.25) is 14.3 Å². The zero-order valence-electron chi connectivity index (χ0n) is 11.6. The number of hydrogen-bond acceptors (Lipinski definition) is 4. The molecule has 0 aliphatic carbocycles. The Kier molecular flexibility index (Phi) is 3.32. The molecular formula is C12H19N5O2. The van der Waals surface area contributed by atoms with E-state index in [1.165, 1.54) is 4.57 Å². The molecule has 0 aliphatic heterocycles. The monoisotopic (exact) mass is 265 g/mol. The average Bonchev–Trinajstić information content (AvgIpc) is 2.67. The van der Waals surface area contributed by atoms with Crippen LogP contribution in [0, 0.1) is 0 Å². The molecule has 2 heterocycles. The Morgan fingerprint density at radius 2 is 1.95 bits per heavy atom. The summed E-state index contributed by atoms with van der Waals surface area (Å²) in [5, 5.41) is 0. The number of aryl methyl sites for hydroxylation is 1. The number of fused-ring (bicyclic) bond motifs is 1. The van der Waals surface area contributed by atoms with Gasteiger partial charge in [0.1, 0.15) is 5.82 Å². The van der Waals surface area contributed by atoms with E-state index in [1.807, 2.05) is 20.8 Å². The van der Waals surface area contributed by atoms with Crippen molar-refractivity contribution in [1.29, 1.82) is 0 Å². The van der Waals surface area contributed by atoms with Crippen LogP contribution in [0.15, 0.2) is 9.59 Å². The van der Waals surface area contributed by atoms with E-state index in [9.17, 15) is 9.59 Å². The first kappa shape index (κ1) is 13.5. The summed E-state index contributed by atoms with van der Waals surface area (Å²) < 4.78 is 3.24. The van der Waals surface area contributed by atoms with E-state index in [2.05, 4.69) is 9.97 Å². The molecule has 2 rings (SSSR count). The van der Waals surface area contributed by atoms with E-state index in [0.717, 1.165) is 0 Å². The van der Waals surface area contributed by atoms with Crippen molar-refractivity contribution in [3.8, 4) is 0 Å². The van der Waals surface area contributed by atoms with Crippen molar-refractivity contribution in [2.75, 3.05) is 0 Å². The molecule has 1 atom stereocenters. The van der Waals surface area contributed by atoms with Crippen LogP contribution >= 0.6 is 0 Å². The van der Waals surface area contributed by atoms with Crippen LogP contribution in [0.4, 0.5) is 0 Å². The predicted octanol–water partition coefficient (Wildman–Crippen LogP) is 0.507. The van der Waals surface area contributed by atoms with Crippen molar-refractivity contribution < 1.29 is 0 Å². The lowest BCUT2D eigenvalue weighted by molar-refractivity contribution is 0.579. The SMILES string of the molecule is CCn1c(C(C)N)nc2c1c(=O)[nH]c(=O)n2C(C)C. The zero-order chi connectivity index (χ0) is 14.3. The maximum Gasteiger partial charge on any atom is 0.330 e. The highest BCUT2D eigenvalue weighted by Crippen LogP contribution is 2.17. The van der Waals surface area contributed by atoms with Crippen LogP contribution in [-0.4, -0.2) is 19.1 Å². The molecular weight excluding hydrogens is 246 g/mol. The van der Waals surface area contributed by atoms with Gasteiger partial charge in [0.05, 0.1) is 6.04 Å². The lowest BCUT2D eigenvalue weighted by Crippen LogP contribution is -2.32. The lowest BCUT2D eigenvalue weighted by Gasteiger charge is -2.09. The highest BCUT2D eigenvalue weighted by Gasteiger charge is 2.20.